The summed E-state index contributed by atoms with van der Waals surface area (Å²) in [5.41, 5.74) is 0. The zero-order chi connectivity index (χ0) is 6.69. The molecule has 0 spiro atoms. The van der Waals surface area contributed by atoms with Crippen LogP contribution in [0.4, 0.5) is 0 Å². The molecule has 0 aromatic rings. The van der Waals surface area contributed by atoms with Gasteiger partial charge in [-0.05, 0) is 19.9 Å². The van der Waals surface area contributed by atoms with Crippen molar-refractivity contribution >= 4 is 0 Å². The molecule has 2 atom stereocenters. The molecular formula is C7H12O2. The smallest absolute Gasteiger partial charge is 0.177 e. The minimum absolute atomic E-state index is 0.0926. The maximum Gasteiger partial charge on any atom is 0.177 e. The Morgan fingerprint density at radius 2 is 2.33 bits per heavy atom. The summed E-state index contributed by atoms with van der Waals surface area (Å²) in [5.74, 6) is 0. The molecule has 1 aliphatic rings. The van der Waals surface area contributed by atoms with E-state index in [1.807, 2.05) is 26.0 Å². The van der Waals surface area contributed by atoms with E-state index in [9.17, 15) is 0 Å². The first-order chi connectivity index (χ1) is 4.33. The van der Waals surface area contributed by atoms with E-state index in [1.165, 1.54) is 0 Å². The van der Waals surface area contributed by atoms with E-state index in [-0.39, 0.29) is 12.4 Å². The van der Waals surface area contributed by atoms with Crippen LogP contribution in [0.5, 0.6) is 0 Å². The summed E-state index contributed by atoms with van der Waals surface area (Å²) in [6.07, 6.45) is 4.00. The van der Waals surface area contributed by atoms with E-state index in [0.29, 0.717) is 0 Å². The van der Waals surface area contributed by atoms with Crippen molar-refractivity contribution in [2.24, 2.45) is 0 Å². The monoisotopic (exact) mass is 128 g/mol. The Bertz CT molecular complexity index is 109. The average molecular weight is 128 g/mol. The summed E-state index contributed by atoms with van der Waals surface area (Å²) < 4.78 is 10.5. The highest BCUT2D eigenvalue weighted by Crippen LogP contribution is 2.10. The second kappa shape index (κ2) is 2.99. The second-order valence-electron chi connectivity index (χ2n) is 2.17. The molecule has 0 N–H and O–H groups in total. The van der Waals surface area contributed by atoms with Gasteiger partial charge in [0.2, 0.25) is 0 Å². The molecule has 0 aromatic heterocycles. The van der Waals surface area contributed by atoms with Gasteiger partial charge in [0.05, 0.1) is 12.7 Å². The van der Waals surface area contributed by atoms with Crippen molar-refractivity contribution in [3.63, 3.8) is 0 Å². The van der Waals surface area contributed by atoms with Crippen LogP contribution in [0.15, 0.2) is 12.2 Å². The van der Waals surface area contributed by atoms with Gasteiger partial charge in [0, 0.05) is 0 Å². The van der Waals surface area contributed by atoms with Crippen LogP contribution in [0.25, 0.3) is 0 Å². The predicted octanol–water partition coefficient (Wildman–Crippen LogP) is 1.32. The van der Waals surface area contributed by atoms with E-state index in [0.717, 1.165) is 6.61 Å². The SMILES string of the molecule is C/C=C/[C@@H]1OC[C@H](C)O1. The van der Waals surface area contributed by atoms with Crippen molar-refractivity contribution in [1.82, 2.24) is 0 Å². The molecule has 0 amide bonds. The maximum absolute atomic E-state index is 5.29. The van der Waals surface area contributed by atoms with E-state index in [4.69, 9.17) is 9.47 Å². The summed E-state index contributed by atoms with van der Waals surface area (Å²) >= 11 is 0. The largest absolute Gasteiger partial charge is 0.346 e. The number of allylic oxidation sites excluding steroid dienone is 1. The van der Waals surface area contributed by atoms with Gasteiger partial charge in [-0.25, -0.2) is 0 Å². The van der Waals surface area contributed by atoms with Crippen molar-refractivity contribution in [2.45, 2.75) is 26.2 Å². The Morgan fingerprint density at radius 3 is 2.78 bits per heavy atom. The van der Waals surface area contributed by atoms with Gasteiger partial charge in [-0.15, -0.1) is 0 Å². The molecule has 0 aliphatic carbocycles. The van der Waals surface area contributed by atoms with Crippen LogP contribution in [0, 0.1) is 0 Å². The molecule has 1 heterocycles. The Labute approximate surface area is 55.5 Å². The molecule has 1 fully saturated rings. The highest BCUT2D eigenvalue weighted by atomic mass is 16.7. The molecule has 9 heavy (non-hydrogen) atoms. The Hall–Kier alpha value is -0.340. The van der Waals surface area contributed by atoms with Gasteiger partial charge in [-0.1, -0.05) is 6.08 Å². The van der Waals surface area contributed by atoms with Crippen LogP contribution in [0.3, 0.4) is 0 Å². The first kappa shape index (κ1) is 6.78. The van der Waals surface area contributed by atoms with Crippen LogP contribution >= 0.6 is 0 Å². The number of rotatable bonds is 1. The summed E-state index contributed by atoms with van der Waals surface area (Å²) in [6, 6.07) is 0. The summed E-state index contributed by atoms with van der Waals surface area (Å²) in [6.45, 7) is 4.67. The van der Waals surface area contributed by atoms with Gasteiger partial charge in [-0.3, -0.25) is 0 Å². The number of ether oxygens (including phenoxy) is 2. The van der Waals surface area contributed by atoms with Crippen LogP contribution in [-0.2, 0) is 9.47 Å². The zero-order valence-electron chi connectivity index (χ0n) is 5.83. The molecule has 1 rings (SSSR count). The lowest BCUT2D eigenvalue weighted by atomic mass is 10.5. The summed E-state index contributed by atoms with van der Waals surface area (Å²) in [5, 5.41) is 0. The molecule has 0 unspecified atom stereocenters. The summed E-state index contributed by atoms with van der Waals surface area (Å²) in [7, 11) is 0. The quantitative estimate of drug-likeness (QED) is 0.496. The molecule has 1 aliphatic heterocycles. The minimum Gasteiger partial charge on any atom is -0.346 e. The normalized spacial score (nSPS) is 36.2. The fourth-order valence-electron chi connectivity index (χ4n) is 0.796. The molecule has 0 saturated carbocycles. The summed E-state index contributed by atoms with van der Waals surface area (Å²) in [4.78, 5) is 0. The second-order valence-corrected chi connectivity index (χ2v) is 2.17. The predicted molar refractivity (Wildman–Crippen MR) is 35.1 cm³/mol. The first-order valence-corrected chi connectivity index (χ1v) is 3.23. The van der Waals surface area contributed by atoms with Crippen molar-refractivity contribution in [2.75, 3.05) is 6.61 Å². The zero-order valence-corrected chi connectivity index (χ0v) is 5.83. The van der Waals surface area contributed by atoms with Crippen molar-refractivity contribution in [1.29, 1.82) is 0 Å². The third kappa shape index (κ3) is 1.80. The topological polar surface area (TPSA) is 18.5 Å². The lowest BCUT2D eigenvalue weighted by Gasteiger charge is -2.01. The van der Waals surface area contributed by atoms with E-state index >= 15 is 0 Å². The Balaban J connectivity index is 2.30. The molecule has 0 radical (unpaired) electrons. The fourth-order valence-corrected chi connectivity index (χ4v) is 0.796. The van der Waals surface area contributed by atoms with Crippen LogP contribution < -0.4 is 0 Å². The van der Waals surface area contributed by atoms with E-state index < -0.39 is 0 Å². The molecular weight excluding hydrogens is 116 g/mol. The highest BCUT2D eigenvalue weighted by molar-refractivity contribution is 4.83. The van der Waals surface area contributed by atoms with Crippen molar-refractivity contribution in [3.8, 4) is 0 Å². The molecule has 52 valence electrons. The average Bonchev–Trinajstić information content (AvgIpc) is 2.17. The van der Waals surface area contributed by atoms with Crippen molar-refractivity contribution in [3.05, 3.63) is 12.2 Å². The lowest BCUT2D eigenvalue weighted by Crippen LogP contribution is -2.05. The standard InChI is InChI=1S/C7H12O2/c1-3-4-7-8-5-6(2)9-7/h3-4,6-7H,5H2,1-2H3/b4-3+/t6-,7+/m0/s1. The van der Waals surface area contributed by atoms with Crippen molar-refractivity contribution < 1.29 is 9.47 Å². The Kier molecular flexibility index (Phi) is 2.25. The van der Waals surface area contributed by atoms with Crippen LogP contribution in [0.1, 0.15) is 13.8 Å². The van der Waals surface area contributed by atoms with E-state index in [1.54, 1.807) is 0 Å². The van der Waals surface area contributed by atoms with Gasteiger partial charge in [-0.2, -0.15) is 0 Å². The van der Waals surface area contributed by atoms with E-state index in [2.05, 4.69) is 0 Å². The lowest BCUT2D eigenvalue weighted by molar-refractivity contribution is -0.0161. The first-order valence-electron chi connectivity index (χ1n) is 3.23. The van der Waals surface area contributed by atoms with Gasteiger partial charge in [0.1, 0.15) is 0 Å². The Morgan fingerprint density at radius 1 is 1.56 bits per heavy atom. The minimum atomic E-state index is -0.0926. The van der Waals surface area contributed by atoms with Gasteiger partial charge < -0.3 is 9.47 Å². The number of hydrogen-bond acceptors (Lipinski definition) is 2. The van der Waals surface area contributed by atoms with Gasteiger partial charge >= 0.3 is 0 Å². The molecule has 0 bridgehead atoms. The molecule has 2 nitrogen and oxygen atoms in total. The highest BCUT2D eigenvalue weighted by Gasteiger charge is 2.18. The molecule has 2 heteroatoms. The molecule has 1 saturated heterocycles. The maximum atomic E-state index is 5.29. The third-order valence-corrected chi connectivity index (χ3v) is 1.21. The van der Waals surface area contributed by atoms with Gasteiger partial charge in [0.25, 0.3) is 0 Å². The van der Waals surface area contributed by atoms with Gasteiger partial charge in [0.15, 0.2) is 6.29 Å². The third-order valence-electron chi connectivity index (χ3n) is 1.21. The fraction of sp³-hybridized carbons (Fsp3) is 0.714. The number of hydrogen-bond donors (Lipinski definition) is 0. The van der Waals surface area contributed by atoms with Crippen LogP contribution in [-0.4, -0.2) is 19.0 Å². The van der Waals surface area contributed by atoms with Crippen LogP contribution in [0.2, 0.25) is 0 Å². The molecule has 0 aromatic carbocycles.